The van der Waals surface area contributed by atoms with E-state index in [9.17, 15) is 4.79 Å². The molecular weight excluding hydrogens is 541 g/mol. The number of halogens is 2. The Morgan fingerprint density at radius 2 is 1.91 bits per heavy atom. The molecule has 0 aromatic heterocycles. The highest BCUT2D eigenvalue weighted by Crippen LogP contribution is 2.38. The number of cyclic esters (lactones) is 1. The molecule has 0 N–H and O–H groups in total. The lowest BCUT2D eigenvalue weighted by Crippen LogP contribution is -2.05. The first-order valence-electron chi connectivity index (χ1n) is 9.77. The number of hydrogen-bond acceptors (Lipinski definition) is 5. The number of ether oxygens (including phenoxy) is 3. The zero-order valence-corrected chi connectivity index (χ0v) is 20.3. The first-order chi connectivity index (χ1) is 15.4. The highest BCUT2D eigenvalue weighted by Gasteiger charge is 2.24. The minimum absolute atomic E-state index is 0.185. The van der Waals surface area contributed by atoms with Crippen LogP contribution in [-0.2, 0) is 16.1 Å². The predicted molar refractivity (Wildman–Crippen MR) is 133 cm³/mol. The van der Waals surface area contributed by atoms with Gasteiger partial charge in [-0.2, -0.15) is 0 Å². The molecule has 162 valence electrons. The Morgan fingerprint density at radius 3 is 2.62 bits per heavy atom. The molecule has 0 aliphatic carbocycles. The molecule has 0 fully saturated rings. The summed E-state index contributed by atoms with van der Waals surface area (Å²) in [6.07, 6.45) is 1.61. The molecule has 1 heterocycles. The van der Waals surface area contributed by atoms with Crippen molar-refractivity contribution >= 4 is 52.1 Å². The van der Waals surface area contributed by atoms with Crippen molar-refractivity contribution in [2.75, 3.05) is 7.11 Å². The van der Waals surface area contributed by atoms with Gasteiger partial charge in [-0.25, -0.2) is 9.79 Å². The van der Waals surface area contributed by atoms with Crippen LogP contribution in [0.5, 0.6) is 11.5 Å². The minimum Gasteiger partial charge on any atom is -0.493 e. The Morgan fingerprint density at radius 1 is 1.12 bits per heavy atom. The molecule has 7 heteroatoms. The molecule has 3 aromatic carbocycles. The Kier molecular flexibility index (Phi) is 6.81. The number of carbonyl (C=O) groups excluding carboxylic acids is 1. The number of esters is 1. The van der Waals surface area contributed by atoms with Crippen LogP contribution in [0, 0.1) is 10.5 Å². The van der Waals surface area contributed by atoms with Crippen LogP contribution in [0.4, 0.5) is 0 Å². The van der Waals surface area contributed by atoms with Crippen LogP contribution in [0.3, 0.4) is 0 Å². The standard InChI is InChI=1S/C25H19ClINO4/c1-15-4-3-5-16(10-15)14-31-23-20(26)11-17(13-22(23)30-2)12-21-25(29)32-24(28-21)18-6-8-19(27)9-7-18/h3-13H,14H2,1-2H3/b21-12-. The lowest BCUT2D eigenvalue weighted by atomic mass is 10.1. The highest BCUT2D eigenvalue weighted by atomic mass is 127. The number of aryl methyl sites for hydroxylation is 1. The maximum atomic E-state index is 12.3. The van der Waals surface area contributed by atoms with Crippen LogP contribution in [0.25, 0.3) is 6.08 Å². The van der Waals surface area contributed by atoms with E-state index in [4.69, 9.17) is 25.8 Å². The molecule has 0 saturated heterocycles. The molecule has 0 unspecified atom stereocenters. The predicted octanol–water partition coefficient (Wildman–Crippen LogP) is 6.19. The summed E-state index contributed by atoms with van der Waals surface area (Å²) in [7, 11) is 1.54. The van der Waals surface area contributed by atoms with Crippen LogP contribution >= 0.6 is 34.2 Å². The fraction of sp³-hybridized carbons (Fsp3) is 0.120. The first-order valence-corrected chi connectivity index (χ1v) is 11.2. The lowest BCUT2D eigenvalue weighted by molar-refractivity contribution is -0.129. The second kappa shape index (κ2) is 9.75. The van der Waals surface area contributed by atoms with Gasteiger partial charge >= 0.3 is 5.97 Å². The van der Waals surface area contributed by atoms with Gasteiger partial charge in [0.2, 0.25) is 5.90 Å². The number of methoxy groups -OCH3 is 1. The van der Waals surface area contributed by atoms with Gasteiger partial charge in [0.25, 0.3) is 0 Å². The van der Waals surface area contributed by atoms with Crippen molar-refractivity contribution in [3.05, 3.63) is 97.2 Å². The van der Waals surface area contributed by atoms with Crippen molar-refractivity contribution in [2.24, 2.45) is 4.99 Å². The van der Waals surface area contributed by atoms with Gasteiger partial charge in [0, 0.05) is 9.13 Å². The van der Waals surface area contributed by atoms with Crippen LogP contribution in [-0.4, -0.2) is 19.0 Å². The topological polar surface area (TPSA) is 57.1 Å². The SMILES string of the molecule is COc1cc(/C=C2\N=C(c3ccc(I)cc3)OC2=O)cc(Cl)c1OCc1cccc(C)c1. The number of rotatable bonds is 6. The first kappa shape index (κ1) is 22.4. The Bertz CT molecular complexity index is 1240. The van der Waals surface area contributed by atoms with E-state index in [1.54, 1.807) is 25.3 Å². The minimum atomic E-state index is -0.520. The average molecular weight is 560 g/mol. The van der Waals surface area contributed by atoms with E-state index in [1.807, 2.05) is 55.5 Å². The molecule has 0 radical (unpaired) electrons. The second-order valence-corrected chi connectivity index (χ2v) is 8.81. The number of hydrogen-bond donors (Lipinski definition) is 0. The monoisotopic (exact) mass is 559 g/mol. The zero-order chi connectivity index (χ0) is 22.7. The molecule has 4 rings (SSSR count). The van der Waals surface area contributed by atoms with Gasteiger partial charge in [0.1, 0.15) is 6.61 Å². The fourth-order valence-corrected chi connectivity index (χ4v) is 3.84. The van der Waals surface area contributed by atoms with Gasteiger partial charge in [-0.1, -0.05) is 41.4 Å². The molecule has 32 heavy (non-hydrogen) atoms. The summed E-state index contributed by atoms with van der Waals surface area (Å²) in [6, 6.07) is 19.1. The molecule has 3 aromatic rings. The fourth-order valence-electron chi connectivity index (χ4n) is 3.20. The van der Waals surface area contributed by atoms with Gasteiger partial charge in [0.05, 0.1) is 12.1 Å². The third-order valence-electron chi connectivity index (χ3n) is 4.73. The van der Waals surface area contributed by atoms with Crippen molar-refractivity contribution < 1.29 is 19.0 Å². The van der Waals surface area contributed by atoms with Crippen molar-refractivity contribution in [3.8, 4) is 11.5 Å². The van der Waals surface area contributed by atoms with Crippen molar-refractivity contribution in [1.29, 1.82) is 0 Å². The molecule has 0 amide bonds. The van der Waals surface area contributed by atoms with Crippen molar-refractivity contribution in [1.82, 2.24) is 0 Å². The van der Waals surface area contributed by atoms with E-state index in [0.717, 1.165) is 20.3 Å². The molecule has 0 saturated carbocycles. The van der Waals surface area contributed by atoms with E-state index in [0.29, 0.717) is 28.7 Å². The van der Waals surface area contributed by atoms with E-state index < -0.39 is 5.97 Å². The number of aliphatic imine (C=N–C) groups is 1. The summed E-state index contributed by atoms with van der Waals surface area (Å²) in [4.78, 5) is 16.7. The Labute approximate surface area is 204 Å². The maximum absolute atomic E-state index is 12.3. The Hall–Kier alpha value is -2.84. The van der Waals surface area contributed by atoms with Gasteiger partial charge in [-0.05, 0) is 83.1 Å². The lowest BCUT2D eigenvalue weighted by Gasteiger charge is -2.13. The average Bonchev–Trinajstić information content (AvgIpc) is 3.13. The summed E-state index contributed by atoms with van der Waals surface area (Å²) >= 11 is 8.70. The van der Waals surface area contributed by atoms with E-state index in [1.165, 1.54) is 0 Å². The summed E-state index contributed by atoms with van der Waals surface area (Å²) in [5, 5.41) is 0.372. The summed E-state index contributed by atoms with van der Waals surface area (Å²) in [5.41, 5.74) is 3.75. The summed E-state index contributed by atoms with van der Waals surface area (Å²) in [5.74, 6) is 0.655. The largest absolute Gasteiger partial charge is 0.493 e. The Balaban J connectivity index is 1.59. The normalized spacial score (nSPS) is 14.3. The molecular formula is C25H19ClINO4. The number of benzene rings is 3. The van der Waals surface area contributed by atoms with Crippen LogP contribution in [0.15, 0.2) is 71.4 Å². The molecule has 5 nitrogen and oxygen atoms in total. The number of carbonyl (C=O) groups is 1. The van der Waals surface area contributed by atoms with Gasteiger partial charge in [-0.3, -0.25) is 0 Å². The zero-order valence-electron chi connectivity index (χ0n) is 17.4. The van der Waals surface area contributed by atoms with E-state index in [-0.39, 0.29) is 11.6 Å². The summed E-state index contributed by atoms with van der Waals surface area (Å²) < 4.78 is 17.8. The van der Waals surface area contributed by atoms with Crippen LogP contribution in [0.1, 0.15) is 22.3 Å². The maximum Gasteiger partial charge on any atom is 0.363 e. The smallest absolute Gasteiger partial charge is 0.363 e. The van der Waals surface area contributed by atoms with Crippen molar-refractivity contribution in [3.63, 3.8) is 0 Å². The molecule has 1 aliphatic heterocycles. The third-order valence-corrected chi connectivity index (χ3v) is 5.73. The van der Waals surface area contributed by atoms with Gasteiger partial charge < -0.3 is 14.2 Å². The second-order valence-electron chi connectivity index (χ2n) is 7.15. The quantitative estimate of drug-likeness (QED) is 0.205. The highest BCUT2D eigenvalue weighted by molar-refractivity contribution is 14.1. The molecule has 0 atom stereocenters. The number of nitrogens with zero attached hydrogens (tertiary/aromatic N) is 1. The van der Waals surface area contributed by atoms with E-state index >= 15 is 0 Å². The van der Waals surface area contributed by atoms with Crippen LogP contribution in [0.2, 0.25) is 5.02 Å². The van der Waals surface area contributed by atoms with Gasteiger partial charge in [0.15, 0.2) is 17.2 Å². The molecule has 1 aliphatic rings. The van der Waals surface area contributed by atoms with Crippen LogP contribution < -0.4 is 9.47 Å². The molecule has 0 bridgehead atoms. The summed E-state index contributed by atoms with van der Waals surface area (Å²) in [6.45, 7) is 2.38. The van der Waals surface area contributed by atoms with Gasteiger partial charge in [-0.15, -0.1) is 0 Å². The molecule has 0 spiro atoms. The van der Waals surface area contributed by atoms with Crippen molar-refractivity contribution in [2.45, 2.75) is 13.5 Å². The third kappa shape index (κ3) is 5.14. The van der Waals surface area contributed by atoms with E-state index in [2.05, 4.69) is 27.6 Å².